The Morgan fingerprint density at radius 1 is 1.26 bits per heavy atom. The normalized spacial score (nSPS) is 17.8. The molecule has 5 nitrogen and oxygen atoms in total. The summed E-state index contributed by atoms with van der Waals surface area (Å²) in [7, 11) is 0. The van der Waals surface area contributed by atoms with Crippen LogP contribution in [0.25, 0.3) is 0 Å². The van der Waals surface area contributed by atoms with Gasteiger partial charge in [-0.15, -0.1) is 0 Å². The fraction of sp³-hybridized carbons (Fsp3) is 0.250. The van der Waals surface area contributed by atoms with Gasteiger partial charge in [0.25, 0.3) is 0 Å². The molecule has 1 atom stereocenters. The first-order valence-electron chi connectivity index (χ1n) is 8.67. The van der Waals surface area contributed by atoms with E-state index in [-0.39, 0.29) is 18.2 Å². The highest BCUT2D eigenvalue weighted by Gasteiger charge is 2.32. The van der Waals surface area contributed by atoms with Crippen LogP contribution < -0.4 is 10.6 Å². The molecule has 2 amide bonds. The van der Waals surface area contributed by atoms with Crippen LogP contribution in [0.2, 0.25) is 5.02 Å². The number of halogens is 1. The standard InChI is InChI=1S/C20H20ClN3O2S/c1-3-13-8-6-7-12(2)18(13)23-20-24-19(26)16(27-20)11-17(25)22-15-10-5-4-9-14(15)21/h4-10,16H,3,11H2,1-2H3,(H,22,25)(H,23,24,26)/t16-/m1/s1. The van der Waals surface area contributed by atoms with E-state index in [1.54, 1.807) is 24.3 Å². The molecule has 1 fully saturated rings. The van der Waals surface area contributed by atoms with E-state index in [4.69, 9.17) is 11.6 Å². The van der Waals surface area contributed by atoms with E-state index < -0.39 is 5.25 Å². The summed E-state index contributed by atoms with van der Waals surface area (Å²) in [6.45, 7) is 4.06. The molecule has 0 radical (unpaired) electrons. The molecule has 1 saturated heterocycles. The second-order valence-electron chi connectivity index (χ2n) is 6.18. The van der Waals surface area contributed by atoms with Gasteiger partial charge in [0, 0.05) is 6.42 Å². The number of hydrogen-bond acceptors (Lipinski definition) is 4. The quantitative estimate of drug-likeness (QED) is 0.777. The number of aryl methyl sites for hydroxylation is 2. The molecule has 1 aliphatic rings. The van der Waals surface area contributed by atoms with Crippen LogP contribution in [0.4, 0.5) is 11.4 Å². The van der Waals surface area contributed by atoms with E-state index in [1.807, 2.05) is 25.1 Å². The molecule has 0 bridgehead atoms. The number of nitrogens with zero attached hydrogens (tertiary/aromatic N) is 1. The van der Waals surface area contributed by atoms with Crippen LogP contribution in [-0.4, -0.2) is 22.2 Å². The smallest absolute Gasteiger partial charge is 0.240 e. The van der Waals surface area contributed by atoms with Gasteiger partial charge in [0.15, 0.2) is 5.17 Å². The Hall–Kier alpha value is -2.31. The number of thioether (sulfide) groups is 1. The number of nitrogens with one attached hydrogen (secondary N) is 2. The monoisotopic (exact) mass is 401 g/mol. The molecule has 0 spiro atoms. The van der Waals surface area contributed by atoms with Gasteiger partial charge in [-0.05, 0) is 36.6 Å². The van der Waals surface area contributed by atoms with Crippen molar-refractivity contribution in [2.24, 2.45) is 4.99 Å². The number of carbonyl (C=O) groups excluding carboxylic acids is 2. The molecule has 3 rings (SSSR count). The zero-order valence-electron chi connectivity index (χ0n) is 15.1. The highest BCUT2D eigenvalue weighted by atomic mass is 35.5. The zero-order chi connectivity index (χ0) is 19.4. The van der Waals surface area contributed by atoms with Gasteiger partial charge in [0.05, 0.1) is 16.4 Å². The Kier molecular flexibility index (Phi) is 6.19. The second-order valence-corrected chi connectivity index (χ2v) is 7.78. The summed E-state index contributed by atoms with van der Waals surface area (Å²) in [5.41, 5.74) is 3.59. The number of carbonyl (C=O) groups is 2. The lowest BCUT2D eigenvalue weighted by Crippen LogP contribution is -2.28. The number of aliphatic imine (C=N–C) groups is 1. The van der Waals surface area contributed by atoms with Crippen molar-refractivity contribution in [3.05, 3.63) is 58.6 Å². The Balaban J connectivity index is 1.69. The zero-order valence-corrected chi connectivity index (χ0v) is 16.7. The van der Waals surface area contributed by atoms with Gasteiger partial charge in [-0.3, -0.25) is 9.59 Å². The number of amides is 2. The highest BCUT2D eigenvalue weighted by Crippen LogP contribution is 2.30. The lowest BCUT2D eigenvalue weighted by atomic mass is 10.1. The highest BCUT2D eigenvalue weighted by molar-refractivity contribution is 8.15. The van der Waals surface area contributed by atoms with Crippen molar-refractivity contribution in [3.63, 3.8) is 0 Å². The first-order valence-corrected chi connectivity index (χ1v) is 9.92. The summed E-state index contributed by atoms with van der Waals surface area (Å²) in [6, 6.07) is 13.0. The van der Waals surface area contributed by atoms with Crippen LogP contribution in [0.1, 0.15) is 24.5 Å². The fourth-order valence-corrected chi connectivity index (χ4v) is 3.95. The summed E-state index contributed by atoms with van der Waals surface area (Å²) in [5, 5.41) is 6.00. The molecule has 0 unspecified atom stereocenters. The SMILES string of the molecule is CCc1cccc(C)c1N=C1NC(=O)[C@@H](CC(=O)Nc2ccccc2Cl)S1. The molecule has 0 aromatic heterocycles. The Labute approximate surface area is 167 Å². The predicted molar refractivity (Wildman–Crippen MR) is 112 cm³/mol. The number of para-hydroxylation sites is 2. The minimum Gasteiger partial charge on any atom is -0.325 e. The molecule has 140 valence electrons. The topological polar surface area (TPSA) is 70.6 Å². The van der Waals surface area contributed by atoms with Gasteiger partial charge in [-0.25, -0.2) is 4.99 Å². The lowest BCUT2D eigenvalue weighted by Gasteiger charge is -2.09. The van der Waals surface area contributed by atoms with Crippen molar-refractivity contribution in [2.45, 2.75) is 31.9 Å². The van der Waals surface area contributed by atoms with E-state index in [2.05, 4.69) is 22.5 Å². The number of benzene rings is 2. The first-order chi connectivity index (χ1) is 13.0. The Morgan fingerprint density at radius 3 is 2.78 bits per heavy atom. The van der Waals surface area contributed by atoms with Crippen LogP contribution in [0.15, 0.2) is 47.5 Å². The van der Waals surface area contributed by atoms with Gasteiger partial charge >= 0.3 is 0 Å². The van der Waals surface area contributed by atoms with E-state index in [0.29, 0.717) is 15.9 Å². The summed E-state index contributed by atoms with van der Waals surface area (Å²) in [4.78, 5) is 29.2. The van der Waals surface area contributed by atoms with E-state index >= 15 is 0 Å². The molecular weight excluding hydrogens is 382 g/mol. The summed E-state index contributed by atoms with van der Waals surface area (Å²) in [6.07, 6.45) is 0.908. The van der Waals surface area contributed by atoms with Crippen molar-refractivity contribution in [1.29, 1.82) is 0 Å². The molecule has 0 aliphatic carbocycles. The maximum atomic E-state index is 12.3. The minimum atomic E-state index is -0.514. The van der Waals surface area contributed by atoms with E-state index in [0.717, 1.165) is 23.2 Å². The Morgan fingerprint density at radius 2 is 2.04 bits per heavy atom. The predicted octanol–water partition coefficient (Wildman–Crippen LogP) is 4.46. The van der Waals surface area contributed by atoms with Gasteiger partial charge in [0.1, 0.15) is 5.25 Å². The van der Waals surface area contributed by atoms with Crippen LogP contribution in [-0.2, 0) is 16.0 Å². The van der Waals surface area contributed by atoms with Crippen molar-refractivity contribution >= 4 is 51.7 Å². The molecule has 1 aliphatic heterocycles. The first kappa shape index (κ1) is 19.5. The van der Waals surface area contributed by atoms with Gasteiger partial charge < -0.3 is 10.6 Å². The van der Waals surface area contributed by atoms with Crippen LogP contribution >= 0.6 is 23.4 Å². The molecule has 2 aromatic carbocycles. The van der Waals surface area contributed by atoms with Crippen LogP contribution in [0.3, 0.4) is 0 Å². The number of rotatable bonds is 5. The Bertz CT molecular complexity index is 914. The summed E-state index contributed by atoms with van der Waals surface area (Å²) in [5.74, 6) is -0.471. The van der Waals surface area contributed by atoms with Gasteiger partial charge in [0.2, 0.25) is 11.8 Å². The maximum Gasteiger partial charge on any atom is 0.240 e. The molecule has 0 saturated carbocycles. The third-order valence-corrected chi connectivity index (χ3v) is 5.62. The average Bonchev–Trinajstić information content (AvgIpc) is 2.98. The fourth-order valence-electron chi connectivity index (χ4n) is 2.79. The van der Waals surface area contributed by atoms with E-state index in [1.165, 1.54) is 11.8 Å². The van der Waals surface area contributed by atoms with Crippen LogP contribution in [0, 0.1) is 6.92 Å². The number of amidine groups is 1. The van der Waals surface area contributed by atoms with Crippen molar-refractivity contribution < 1.29 is 9.59 Å². The van der Waals surface area contributed by atoms with E-state index in [9.17, 15) is 9.59 Å². The lowest BCUT2D eigenvalue weighted by molar-refractivity contribution is -0.122. The van der Waals surface area contributed by atoms with Crippen molar-refractivity contribution in [3.8, 4) is 0 Å². The van der Waals surface area contributed by atoms with Crippen molar-refractivity contribution in [2.75, 3.05) is 5.32 Å². The molecule has 1 heterocycles. The number of hydrogen-bond donors (Lipinski definition) is 2. The maximum absolute atomic E-state index is 12.3. The number of anilines is 1. The molecule has 2 N–H and O–H groups in total. The molecule has 27 heavy (non-hydrogen) atoms. The van der Waals surface area contributed by atoms with Gasteiger partial charge in [-0.1, -0.05) is 60.6 Å². The third kappa shape index (κ3) is 4.70. The molecule has 2 aromatic rings. The molecule has 7 heteroatoms. The largest absolute Gasteiger partial charge is 0.325 e. The van der Waals surface area contributed by atoms with Crippen LogP contribution in [0.5, 0.6) is 0 Å². The second kappa shape index (κ2) is 8.59. The summed E-state index contributed by atoms with van der Waals surface area (Å²) >= 11 is 7.33. The van der Waals surface area contributed by atoms with Crippen molar-refractivity contribution in [1.82, 2.24) is 5.32 Å². The minimum absolute atomic E-state index is 0.0507. The average molecular weight is 402 g/mol. The van der Waals surface area contributed by atoms with Gasteiger partial charge in [-0.2, -0.15) is 0 Å². The summed E-state index contributed by atoms with van der Waals surface area (Å²) < 4.78 is 0. The third-order valence-electron chi connectivity index (χ3n) is 4.21. The molecular formula is C20H20ClN3O2S.